The number of aliphatic hydroxyl groups is 3. The maximum atomic E-state index is 14.0. The molecule has 1 amide bonds. The smallest absolute Gasteiger partial charge is 0.241 e. The normalized spacial score (nSPS) is 28.0. The first kappa shape index (κ1) is 40.6. The zero-order valence-corrected chi connectivity index (χ0v) is 31.5. The van der Waals surface area contributed by atoms with Crippen LogP contribution in [0.15, 0.2) is 77.7 Å². The Kier molecular flexibility index (Phi) is 13.5. The Morgan fingerprint density at radius 3 is 2.43 bits per heavy atom. The van der Waals surface area contributed by atoms with Crippen LogP contribution in [0, 0.1) is 5.41 Å². The molecular formula is C39H53N3O10S. The van der Waals surface area contributed by atoms with Crippen LogP contribution in [-0.2, 0) is 35.6 Å². The van der Waals surface area contributed by atoms with Gasteiger partial charge < -0.3 is 40.3 Å². The van der Waals surface area contributed by atoms with Gasteiger partial charge >= 0.3 is 0 Å². The minimum Gasteiger partial charge on any atom is -0.392 e. The molecule has 14 heteroatoms. The maximum Gasteiger partial charge on any atom is 0.241 e. The van der Waals surface area contributed by atoms with Gasteiger partial charge in [0.2, 0.25) is 5.91 Å². The van der Waals surface area contributed by atoms with Crippen molar-refractivity contribution in [2.75, 3.05) is 43.2 Å². The molecule has 1 fully saturated rings. The first-order valence-corrected chi connectivity index (χ1v) is 19.8. The summed E-state index contributed by atoms with van der Waals surface area (Å²) in [5.74, 6) is -1.38. The number of aliphatic hydroxyl groups excluding tert-OH is 3. The summed E-state index contributed by atoms with van der Waals surface area (Å²) in [5.41, 5.74) is 2.50. The molecule has 290 valence electrons. The van der Waals surface area contributed by atoms with Crippen molar-refractivity contribution in [2.45, 2.75) is 93.7 Å². The predicted molar refractivity (Wildman–Crippen MR) is 200 cm³/mol. The van der Waals surface area contributed by atoms with Crippen LogP contribution in [-0.4, -0.2) is 105 Å². The second kappa shape index (κ2) is 17.7. The second-order valence-electron chi connectivity index (χ2n) is 14.3. The quantitative estimate of drug-likeness (QED) is 0.0978. The van der Waals surface area contributed by atoms with Gasteiger partial charge in [0.25, 0.3) is 0 Å². The Balaban J connectivity index is 1.37. The highest BCUT2D eigenvalue weighted by Crippen LogP contribution is 2.49. The number of ether oxygens (including phenoxy) is 2. The summed E-state index contributed by atoms with van der Waals surface area (Å²) >= 11 is 0. The maximum absolute atomic E-state index is 14.0. The molecule has 53 heavy (non-hydrogen) atoms. The average molecular weight is 756 g/mol. The molecule has 0 bridgehead atoms. The van der Waals surface area contributed by atoms with Crippen LogP contribution in [0.5, 0.6) is 0 Å². The van der Waals surface area contributed by atoms with Crippen LogP contribution < -0.4 is 15.5 Å². The largest absolute Gasteiger partial charge is 0.392 e. The van der Waals surface area contributed by atoms with Crippen LogP contribution in [0.2, 0.25) is 0 Å². The molecule has 0 aromatic heterocycles. The summed E-state index contributed by atoms with van der Waals surface area (Å²) in [5, 5.41) is 49.0. The molecule has 13 nitrogen and oxygen atoms in total. The first-order chi connectivity index (χ1) is 25.3. The third kappa shape index (κ3) is 9.20. The Labute approximate surface area is 311 Å². The van der Waals surface area contributed by atoms with Crippen LogP contribution in [0.1, 0.15) is 62.1 Å². The number of rotatable bonds is 15. The molecule has 3 aromatic carbocycles. The SMILES string of the molecule is CCCCC1(CC)CS(=O)(=O)c2ccc(N(C)C)cc2C(c2cccc(NCC(=O)NC3OC(COO)C(O)C(OCc4ccccc4)C3O)c2)C1O. The number of nitrogens with zero attached hydrogens (tertiary/aromatic N) is 1. The molecule has 2 aliphatic heterocycles. The van der Waals surface area contributed by atoms with E-state index < -0.39 is 70.4 Å². The fraction of sp³-hybridized carbons (Fsp3) is 0.513. The van der Waals surface area contributed by atoms with Crippen molar-refractivity contribution in [1.29, 1.82) is 0 Å². The summed E-state index contributed by atoms with van der Waals surface area (Å²) in [6.45, 7) is 3.39. The monoisotopic (exact) mass is 755 g/mol. The number of hydrogen-bond acceptors (Lipinski definition) is 12. The third-order valence-electron chi connectivity index (χ3n) is 10.5. The number of nitrogens with one attached hydrogen (secondary N) is 2. The molecule has 2 heterocycles. The molecule has 0 radical (unpaired) electrons. The van der Waals surface area contributed by atoms with Crippen LogP contribution in [0.25, 0.3) is 0 Å². The van der Waals surface area contributed by atoms with Gasteiger partial charge in [-0.15, -0.1) is 0 Å². The average Bonchev–Trinajstić information content (AvgIpc) is 3.21. The van der Waals surface area contributed by atoms with Crippen molar-refractivity contribution in [3.63, 3.8) is 0 Å². The lowest BCUT2D eigenvalue weighted by Crippen LogP contribution is -2.64. The van der Waals surface area contributed by atoms with E-state index in [2.05, 4.69) is 15.5 Å². The number of benzene rings is 3. The number of hydrogen-bond donors (Lipinski definition) is 6. The van der Waals surface area contributed by atoms with E-state index in [4.69, 9.17) is 14.7 Å². The van der Waals surface area contributed by atoms with Crippen molar-refractivity contribution < 1.29 is 48.2 Å². The first-order valence-electron chi connectivity index (χ1n) is 18.1. The second-order valence-corrected chi connectivity index (χ2v) is 16.3. The number of fused-ring (bicyclic) bond motifs is 1. The van der Waals surface area contributed by atoms with E-state index in [9.17, 15) is 28.5 Å². The molecular weight excluding hydrogens is 703 g/mol. The van der Waals surface area contributed by atoms with Gasteiger partial charge in [0.1, 0.15) is 31.0 Å². The minimum atomic E-state index is -3.75. The molecule has 8 unspecified atom stereocenters. The summed E-state index contributed by atoms with van der Waals surface area (Å²) in [6.07, 6.45) is -4.75. The van der Waals surface area contributed by atoms with Gasteiger partial charge in [0.15, 0.2) is 16.1 Å². The molecule has 5 rings (SSSR count). The van der Waals surface area contributed by atoms with E-state index in [0.29, 0.717) is 29.7 Å². The predicted octanol–water partition coefficient (Wildman–Crippen LogP) is 3.67. The van der Waals surface area contributed by atoms with E-state index in [1.54, 1.807) is 24.3 Å². The Hall–Kier alpha value is -3.60. The molecule has 0 saturated carbocycles. The van der Waals surface area contributed by atoms with E-state index in [-0.39, 0.29) is 23.8 Å². The number of carbonyl (C=O) groups is 1. The van der Waals surface area contributed by atoms with E-state index in [1.807, 2.05) is 81.4 Å². The highest BCUT2D eigenvalue weighted by molar-refractivity contribution is 7.91. The fourth-order valence-corrected chi connectivity index (χ4v) is 9.72. The highest BCUT2D eigenvalue weighted by Gasteiger charge is 2.49. The molecule has 0 aliphatic carbocycles. The number of unbranched alkanes of at least 4 members (excludes halogenated alkanes) is 1. The Bertz CT molecular complexity index is 1780. The van der Waals surface area contributed by atoms with E-state index >= 15 is 0 Å². The standard InChI is InChI=1S/C39H53N3O10S/c1-5-7-18-39(6-2)24-53(48,49)31-17-16-28(42(3)4)20-29(31)33(37(39)46)26-14-11-15-27(19-26)40-21-32(43)41-38-35(45)36(34(44)30(52-38)23-51-47)50-22-25-12-9-8-10-13-25/h8-17,19-20,30,33-38,40,44-47H,5-7,18,21-24H2,1-4H3,(H,41,43). The molecule has 8 atom stereocenters. The van der Waals surface area contributed by atoms with E-state index in [0.717, 1.165) is 24.1 Å². The molecule has 6 N–H and O–H groups in total. The van der Waals surface area contributed by atoms with Gasteiger partial charge in [-0.2, -0.15) is 0 Å². The van der Waals surface area contributed by atoms with Crippen molar-refractivity contribution in [2.24, 2.45) is 5.41 Å². The lowest BCUT2D eigenvalue weighted by Gasteiger charge is -2.42. The van der Waals surface area contributed by atoms with Crippen LogP contribution >= 0.6 is 0 Å². The number of amides is 1. The minimum absolute atomic E-state index is 0.0748. The van der Waals surface area contributed by atoms with Gasteiger partial charge in [-0.3, -0.25) is 10.1 Å². The van der Waals surface area contributed by atoms with Crippen molar-refractivity contribution >= 4 is 27.1 Å². The number of anilines is 2. The lowest BCUT2D eigenvalue weighted by atomic mass is 9.69. The fourth-order valence-electron chi connectivity index (χ4n) is 7.47. The molecule has 1 saturated heterocycles. The Morgan fingerprint density at radius 2 is 1.75 bits per heavy atom. The lowest BCUT2D eigenvalue weighted by molar-refractivity contribution is -0.303. The van der Waals surface area contributed by atoms with E-state index in [1.165, 1.54) is 0 Å². The van der Waals surface area contributed by atoms with Crippen molar-refractivity contribution in [3.8, 4) is 0 Å². The molecule has 0 spiro atoms. The number of sulfone groups is 1. The summed E-state index contributed by atoms with van der Waals surface area (Å²) in [7, 11) is 0.00295. The molecule has 2 aliphatic rings. The van der Waals surface area contributed by atoms with Gasteiger partial charge in [-0.05, 0) is 59.9 Å². The zero-order valence-electron chi connectivity index (χ0n) is 30.7. The van der Waals surface area contributed by atoms with Crippen molar-refractivity contribution in [1.82, 2.24) is 5.32 Å². The zero-order chi connectivity index (χ0) is 38.3. The van der Waals surface area contributed by atoms with Crippen molar-refractivity contribution in [3.05, 3.63) is 89.5 Å². The topological polar surface area (TPSA) is 187 Å². The Morgan fingerprint density at radius 1 is 1.00 bits per heavy atom. The van der Waals surface area contributed by atoms with Gasteiger partial charge in [-0.1, -0.05) is 69.2 Å². The summed E-state index contributed by atoms with van der Waals surface area (Å²) in [4.78, 5) is 19.6. The van der Waals surface area contributed by atoms with Crippen LogP contribution in [0.3, 0.4) is 0 Å². The highest BCUT2D eigenvalue weighted by atomic mass is 32.2. The summed E-state index contributed by atoms with van der Waals surface area (Å²) < 4.78 is 39.6. The number of carbonyl (C=O) groups excluding carboxylic acids is 1. The van der Waals surface area contributed by atoms with Gasteiger partial charge in [0.05, 0.1) is 29.9 Å². The van der Waals surface area contributed by atoms with Gasteiger partial charge in [-0.25, -0.2) is 13.3 Å². The van der Waals surface area contributed by atoms with Gasteiger partial charge in [0, 0.05) is 36.8 Å². The third-order valence-corrected chi connectivity index (χ3v) is 12.5. The summed E-state index contributed by atoms with van der Waals surface area (Å²) in [6, 6.07) is 21.7. The van der Waals surface area contributed by atoms with Crippen LogP contribution in [0.4, 0.5) is 11.4 Å². The molecule has 3 aromatic rings.